The van der Waals surface area contributed by atoms with Crippen LogP contribution < -0.4 is 0 Å². The van der Waals surface area contributed by atoms with Gasteiger partial charge in [-0.1, -0.05) is 0 Å². The second-order valence-corrected chi connectivity index (χ2v) is 4.92. The van der Waals surface area contributed by atoms with Crippen molar-refractivity contribution in [1.82, 2.24) is 4.57 Å². The highest BCUT2D eigenvalue weighted by molar-refractivity contribution is 5.16. The van der Waals surface area contributed by atoms with E-state index in [0.717, 1.165) is 25.1 Å². The van der Waals surface area contributed by atoms with Gasteiger partial charge >= 0.3 is 0 Å². The number of methoxy groups -OCH3 is 1. The van der Waals surface area contributed by atoms with Gasteiger partial charge in [0.1, 0.15) is 0 Å². The van der Waals surface area contributed by atoms with Gasteiger partial charge in [0.2, 0.25) is 0 Å². The lowest BCUT2D eigenvalue weighted by Gasteiger charge is -2.07. The van der Waals surface area contributed by atoms with Crippen molar-refractivity contribution >= 4 is 0 Å². The molecule has 1 unspecified atom stereocenters. The van der Waals surface area contributed by atoms with Gasteiger partial charge in [-0.15, -0.1) is 0 Å². The van der Waals surface area contributed by atoms with Gasteiger partial charge in [0.05, 0.1) is 19.3 Å². The minimum atomic E-state index is -0.260. The maximum absolute atomic E-state index is 9.99. The van der Waals surface area contributed by atoms with Crippen LogP contribution in [0.5, 0.6) is 0 Å². The van der Waals surface area contributed by atoms with E-state index < -0.39 is 0 Å². The molecule has 1 atom stereocenters. The minimum absolute atomic E-state index is 0.260. The first-order valence-electron chi connectivity index (χ1n) is 6.71. The first-order chi connectivity index (χ1) is 8.81. The average molecular weight is 253 g/mol. The number of nitrogens with zero attached hydrogens (tertiary/aromatic N) is 1. The van der Waals surface area contributed by atoms with E-state index in [4.69, 9.17) is 9.47 Å². The smallest absolute Gasteiger partial charge is 0.0832 e. The maximum Gasteiger partial charge on any atom is 0.0832 e. The second kappa shape index (κ2) is 6.92. The second-order valence-electron chi connectivity index (χ2n) is 4.92. The van der Waals surface area contributed by atoms with Crippen molar-refractivity contribution in [1.29, 1.82) is 0 Å². The van der Waals surface area contributed by atoms with Crippen LogP contribution in [-0.4, -0.2) is 36.6 Å². The number of ether oxygens (including phenoxy) is 2. The van der Waals surface area contributed by atoms with Crippen LogP contribution in [0.1, 0.15) is 30.9 Å². The molecule has 1 aromatic rings. The van der Waals surface area contributed by atoms with Crippen LogP contribution in [0.15, 0.2) is 18.5 Å². The average Bonchev–Trinajstić information content (AvgIpc) is 3.12. The summed E-state index contributed by atoms with van der Waals surface area (Å²) in [5.41, 5.74) is 1.05. The molecule has 18 heavy (non-hydrogen) atoms. The largest absolute Gasteiger partial charge is 0.388 e. The van der Waals surface area contributed by atoms with Gasteiger partial charge < -0.3 is 19.1 Å². The number of aliphatic hydroxyl groups excluding tert-OH is 1. The summed E-state index contributed by atoms with van der Waals surface area (Å²) >= 11 is 0. The van der Waals surface area contributed by atoms with Crippen LogP contribution in [0.4, 0.5) is 0 Å². The number of rotatable bonds is 9. The minimum Gasteiger partial charge on any atom is -0.388 e. The van der Waals surface area contributed by atoms with E-state index in [-0.39, 0.29) is 6.10 Å². The van der Waals surface area contributed by atoms with Gasteiger partial charge in [-0.2, -0.15) is 0 Å². The van der Waals surface area contributed by atoms with Crippen LogP contribution in [0.2, 0.25) is 0 Å². The standard InChI is InChI=1S/C14H23NO3/c1-17-9-10-18-8-2-6-15-7-5-13(11-15)14(16)12-3-4-12/h5,7,11-12,14,16H,2-4,6,8-10H2,1H3. The Hall–Kier alpha value is -0.840. The first-order valence-corrected chi connectivity index (χ1v) is 6.71. The Kier molecular flexibility index (Phi) is 5.23. The zero-order chi connectivity index (χ0) is 12.8. The van der Waals surface area contributed by atoms with Crippen LogP contribution in [0, 0.1) is 5.92 Å². The first kappa shape index (κ1) is 13.6. The van der Waals surface area contributed by atoms with Crippen molar-refractivity contribution in [3.05, 3.63) is 24.0 Å². The molecule has 0 amide bonds. The molecule has 0 bridgehead atoms. The van der Waals surface area contributed by atoms with Gasteiger partial charge in [0.25, 0.3) is 0 Å². The van der Waals surface area contributed by atoms with E-state index in [1.807, 2.05) is 12.3 Å². The highest BCUT2D eigenvalue weighted by atomic mass is 16.5. The van der Waals surface area contributed by atoms with Crippen molar-refractivity contribution in [2.75, 3.05) is 26.9 Å². The monoisotopic (exact) mass is 253 g/mol. The maximum atomic E-state index is 9.99. The summed E-state index contributed by atoms with van der Waals surface area (Å²) in [5.74, 6) is 0.498. The quantitative estimate of drug-likeness (QED) is 0.684. The summed E-state index contributed by atoms with van der Waals surface area (Å²) in [4.78, 5) is 0. The van der Waals surface area contributed by atoms with E-state index in [1.54, 1.807) is 7.11 Å². The highest BCUT2D eigenvalue weighted by Gasteiger charge is 2.31. The summed E-state index contributed by atoms with van der Waals surface area (Å²) in [6.45, 7) is 3.00. The Labute approximate surface area is 109 Å². The molecule has 1 aromatic heterocycles. The third-order valence-electron chi connectivity index (χ3n) is 3.32. The van der Waals surface area contributed by atoms with Crippen LogP contribution in [-0.2, 0) is 16.0 Å². The molecular weight excluding hydrogens is 230 g/mol. The molecule has 2 rings (SSSR count). The highest BCUT2D eigenvalue weighted by Crippen LogP contribution is 2.40. The Morgan fingerprint density at radius 3 is 2.94 bits per heavy atom. The molecule has 0 radical (unpaired) electrons. The van der Waals surface area contributed by atoms with Crippen LogP contribution >= 0.6 is 0 Å². The molecule has 1 aliphatic carbocycles. The molecule has 1 heterocycles. The SMILES string of the molecule is COCCOCCCn1ccc(C(O)C2CC2)c1. The molecule has 0 aromatic carbocycles. The molecule has 4 nitrogen and oxygen atoms in total. The molecule has 4 heteroatoms. The lowest BCUT2D eigenvalue weighted by molar-refractivity contribution is 0.0680. The molecule has 1 fully saturated rings. The van der Waals surface area contributed by atoms with Gasteiger partial charge in [-0.05, 0) is 36.8 Å². The van der Waals surface area contributed by atoms with E-state index in [0.29, 0.717) is 19.1 Å². The lowest BCUT2D eigenvalue weighted by atomic mass is 10.1. The van der Waals surface area contributed by atoms with Crippen LogP contribution in [0.25, 0.3) is 0 Å². The molecule has 0 saturated heterocycles. The van der Waals surface area contributed by atoms with Gasteiger partial charge in [-0.25, -0.2) is 0 Å². The lowest BCUT2D eigenvalue weighted by Crippen LogP contribution is -2.05. The van der Waals surface area contributed by atoms with Crippen LogP contribution in [0.3, 0.4) is 0 Å². The molecule has 0 aliphatic heterocycles. The summed E-state index contributed by atoms with van der Waals surface area (Å²) in [6.07, 6.45) is 7.15. The van der Waals surface area contributed by atoms with E-state index in [9.17, 15) is 5.11 Å². The van der Waals surface area contributed by atoms with Crippen molar-refractivity contribution in [3.63, 3.8) is 0 Å². The summed E-state index contributed by atoms with van der Waals surface area (Å²) in [6, 6.07) is 2.02. The van der Waals surface area contributed by atoms with Crippen molar-refractivity contribution < 1.29 is 14.6 Å². The number of aliphatic hydroxyl groups is 1. The fourth-order valence-electron chi connectivity index (χ4n) is 2.05. The summed E-state index contributed by atoms with van der Waals surface area (Å²) in [5, 5.41) is 9.99. The van der Waals surface area contributed by atoms with E-state index in [1.165, 1.54) is 12.8 Å². The Morgan fingerprint density at radius 1 is 1.39 bits per heavy atom. The normalized spacial score (nSPS) is 17.0. The number of aryl methyl sites for hydroxylation is 1. The Morgan fingerprint density at radius 2 is 2.22 bits per heavy atom. The predicted molar refractivity (Wildman–Crippen MR) is 69.4 cm³/mol. The third-order valence-corrected chi connectivity index (χ3v) is 3.32. The van der Waals surface area contributed by atoms with Crippen molar-refractivity contribution in [2.24, 2.45) is 5.92 Å². The fraction of sp³-hybridized carbons (Fsp3) is 0.714. The van der Waals surface area contributed by atoms with Crippen molar-refractivity contribution in [3.8, 4) is 0 Å². The number of hydrogen-bond donors (Lipinski definition) is 1. The van der Waals surface area contributed by atoms with Gasteiger partial charge in [-0.3, -0.25) is 0 Å². The topological polar surface area (TPSA) is 43.6 Å². The van der Waals surface area contributed by atoms with Gasteiger partial charge in [0, 0.05) is 32.7 Å². The summed E-state index contributed by atoms with van der Waals surface area (Å²) < 4.78 is 12.4. The number of aromatic nitrogens is 1. The van der Waals surface area contributed by atoms with Gasteiger partial charge in [0.15, 0.2) is 0 Å². The molecule has 0 spiro atoms. The third kappa shape index (κ3) is 4.12. The molecule has 1 N–H and O–H groups in total. The Balaban J connectivity index is 1.64. The molecule has 1 aliphatic rings. The molecule has 102 valence electrons. The zero-order valence-corrected chi connectivity index (χ0v) is 11.0. The number of hydrogen-bond acceptors (Lipinski definition) is 3. The predicted octanol–water partition coefficient (Wildman–Crippen LogP) is 1.98. The molecule has 1 saturated carbocycles. The Bertz CT molecular complexity index is 347. The van der Waals surface area contributed by atoms with Crippen molar-refractivity contribution in [2.45, 2.75) is 31.9 Å². The van der Waals surface area contributed by atoms with E-state index in [2.05, 4.69) is 10.8 Å². The summed E-state index contributed by atoms with van der Waals surface area (Å²) in [7, 11) is 1.68. The zero-order valence-electron chi connectivity index (χ0n) is 11.0. The van der Waals surface area contributed by atoms with E-state index >= 15 is 0 Å². The molecular formula is C14H23NO3. The fourth-order valence-corrected chi connectivity index (χ4v) is 2.05.